The molecule has 132 valence electrons. The fraction of sp³-hybridized carbons (Fsp3) is 0.214. The second-order valence-electron chi connectivity index (χ2n) is 4.80. The largest absolute Gasteiger partial charge is 0.454 e. The van der Waals surface area contributed by atoms with Crippen LogP contribution in [0, 0.1) is 0 Å². The first-order valence-electron chi connectivity index (χ1n) is 6.77. The van der Waals surface area contributed by atoms with Gasteiger partial charge in [-0.25, -0.2) is 4.79 Å². The monoisotopic (exact) mass is 387 g/mol. The van der Waals surface area contributed by atoms with E-state index in [9.17, 15) is 24.0 Å². The van der Waals surface area contributed by atoms with Gasteiger partial charge in [-0.1, -0.05) is 23.2 Å². The second-order valence-corrected chi connectivity index (χ2v) is 5.61. The standard InChI is InChI=1S/C14H11Cl2N3O6/c1-17-14(24)18-10(20)5-25-11(21)4-19-12(22)6-2-8(15)9(16)3-7(6)13(19)23/h2-3H,4-5H2,1H3,(H2,17,18,20,24). The number of rotatable bonds is 4. The highest BCUT2D eigenvalue weighted by molar-refractivity contribution is 6.43. The minimum Gasteiger partial charge on any atom is -0.454 e. The number of ether oxygens (including phenoxy) is 1. The van der Waals surface area contributed by atoms with E-state index in [-0.39, 0.29) is 21.2 Å². The number of esters is 1. The van der Waals surface area contributed by atoms with Crippen LogP contribution in [0.5, 0.6) is 0 Å². The maximum Gasteiger partial charge on any atom is 0.326 e. The molecule has 0 spiro atoms. The summed E-state index contributed by atoms with van der Waals surface area (Å²) < 4.78 is 4.62. The van der Waals surface area contributed by atoms with E-state index in [2.05, 4.69) is 10.1 Å². The summed E-state index contributed by atoms with van der Waals surface area (Å²) in [6, 6.07) is 1.71. The molecule has 0 bridgehead atoms. The molecule has 11 heteroatoms. The normalized spacial score (nSPS) is 12.7. The molecule has 1 aliphatic heterocycles. The summed E-state index contributed by atoms with van der Waals surface area (Å²) in [6.07, 6.45) is 0. The lowest BCUT2D eigenvalue weighted by atomic mass is 10.1. The fourth-order valence-electron chi connectivity index (χ4n) is 1.97. The highest BCUT2D eigenvalue weighted by Gasteiger charge is 2.37. The molecule has 9 nitrogen and oxygen atoms in total. The number of halogens is 2. The van der Waals surface area contributed by atoms with Crippen molar-refractivity contribution in [2.75, 3.05) is 20.2 Å². The molecule has 1 aliphatic rings. The molecule has 1 heterocycles. The van der Waals surface area contributed by atoms with Gasteiger partial charge in [0.05, 0.1) is 21.2 Å². The number of imide groups is 2. The Morgan fingerprint density at radius 2 is 1.60 bits per heavy atom. The number of nitrogens with zero attached hydrogens (tertiary/aromatic N) is 1. The van der Waals surface area contributed by atoms with Gasteiger partial charge in [-0.15, -0.1) is 0 Å². The van der Waals surface area contributed by atoms with E-state index in [0.717, 1.165) is 0 Å². The Hall–Kier alpha value is -2.65. The molecule has 1 aromatic rings. The third-order valence-electron chi connectivity index (χ3n) is 3.14. The lowest BCUT2D eigenvalue weighted by Crippen LogP contribution is -2.41. The zero-order valence-corrected chi connectivity index (χ0v) is 14.2. The van der Waals surface area contributed by atoms with Gasteiger partial charge in [0, 0.05) is 7.05 Å². The second kappa shape index (κ2) is 7.49. The van der Waals surface area contributed by atoms with Gasteiger partial charge in [0.2, 0.25) is 0 Å². The molecule has 2 N–H and O–H groups in total. The molecule has 0 aliphatic carbocycles. The predicted molar refractivity (Wildman–Crippen MR) is 85.4 cm³/mol. The van der Waals surface area contributed by atoms with Crippen LogP contribution in [0.3, 0.4) is 0 Å². The third-order valence-corrected chi connectivity index (χ3v) is 3.87. The van der Waals surface area contributed by atoms with E-state index in [1.807, 2.05) is 5.32 Å². The van der Waals surface area contributed by atoms with Gasteiger partial charge in [-0.3, -0.25) is 29.4 Å². The summed E-state index contributed by atoms with van der Waals surface area (Å²) in [6.45, 7) is -1.44. The van der Waals surface area contributed by atoms with Gasteiger partial charge >= 0.3 is 12.0 Å². The molecule has 0 saturated heterocycles. The highest BCUT2D eigenvalue weighted by Crippen LogP contribution is 2.31. The van der Waals surface area contributed by atoms with Crippen molar-refractivity contribution in [2.45, 2.75) is 0 Å². The predicted octanol–water partition coefficient (Wildman–Crippen LogP) is 0.588. The number of carbonyl (C=O) groups excluding carboxylic acids is 5. The Bertz CT molecular complexity index is 754. The van der Waals surface area contributed by atoms with Crippen molar-refractivity contribution in [3.05, 3.63) is 33.3 Å². The molecule has 0 saturated carbocycles. The lowest BCUT2D eigenvalue weighted by molar-refractivity contribution is -0.148. The smallest absolute Gasteiger partial charge is 0.326 e. The molecule has 0 atom stereocenters. The molecule has 1 aromatic carbocycles. The first-order valence-corrected chi connectivity index (χ1v) is 7.52. The van der Waals surface area contributed by atoms with Gasteiger partial charge in [0.15, 0.2) is 6.61 Å². The van der Waals surface area contributed by atoms with Crippen LogP contribution in [0.25, 0.3) is 0 Å². The van der Waals surface area contributed by atoms with Crippen molar-refractivity contribution in [3.8, 4) is 0 Å². The van der Waals surface area contributed by atoms with E-state index >= 15 is 0 Å². The van der Waals surface area contributed by atoms with Crippen molar-refractivity contribution in [1.82, 2.24) is 15.5 Å². The van der Waals surface area contributed by atoms with Crippen molar-refractivity contribution in [2.24, 2.45) is 0 Å². The Balaban J connectivity index is 1.98. The molecule has 0 fully saturated rings. The number of hydrogen-bond donors (Lipinski definition) is 2. The van der Waals surface area contributed by atoms with Crippen molar-refractivity contribution >= 4 is 52.9 Å². The molecular formula is C14H11Cl2N3O6. The fourth-order valence-corrected chi connectivity index (χ4v) is 2.30. The quantitative estimate of drug-likeness (QED) is 0.575. The van der Waals surface area contributed by atoms with Gasteiger partial charge in [-0.2, -0.15) is 0 Å². The summed E-state index contributed by atoms with van der Waals surface area (Å²) in [4.78, 5) is 59.0. The number of nitrogens with one attached hydrogen (secondary N) is 2. The van der Waals surface area contributed by atoms with Gasteiger partial charge < -0.3 is 10.1 Å². The molecule has 25 heavy (non-hydrogen) atoms. The molecule has 2 rings (SSSR count). The summed E-state index contributed by atoms with van der Waals surface area (Å²) in [5.41, 5.74) is 0.0362. The van der Waals surface area contributed by atoms with Crippen LogP contribution in [0.4, 0.5) is 4.79 Å². The lowest BCUT2D eigenvalue weighted by Gasteiger charge is -2.12. The Morgan fingerprint density at radius 3 is 2.08 bits per heavy atom. The van der Waals surface area contributed by atoms with Crippen LogP contribution in [0.2, 0.25) is 10.0 Å². The zero-order chi connectivity index (χ0) is 18.7. The van der Waals surface area contributed by atoms with E-state index in [1.165, 1.54) is 19.2 Å². The number of carbonyl (C=O) groups is 5. The minimum atomic E-state index is -1.00. The maximum absolute atomic E-state index is 12.2. The molecule has 0 aromatic heterocycles. The van der Waals surface area contributed by atoms with Crippen molar-refractivity contribution < 1.29 is 28.7 Å². The Labute approximate surface area is 151 Å². The van der Waals surface area contributed by atoms with Crippen molar-refractivity contribution in [3.63, 3.8) is 0 Å². The van der Waals surface area contributed by atoms with Crippen LogP contribution in [-0.4, -0.2) is 54.8 Å². The molecule has 0 unspecified atom stereocenters. The van der Waals surface area contributed by atoms with Crippen molar-refractivity contribution in [1.29, 1.82) is 0 Å². The van der Waals surface area contributed by atoms with Crippen LogP contribution >= 0.6 is 23.2 Å². The summed E-state index contributed by atoms with van der Waals surface area (Å²) in [7, 11) is 1.30. The number of hydrogen-bond acceptors (Lipinski definition) is 6. The number of fused-ring (bicyclic) bond motifs is 1. The first kappa shape index (κ1) is 18.7. The maximum atomic E-state index is 12.2. The van der Waals surface area contributed by atoms with Crippen LogP contribution in [-0.2, 0) is 14.3 Å². The highest BCUT2D eigenvalue weighted by atomic mass is 35.5. The summed E-state index contributed by atoms with van der Waals surface area (Å²) in [5.74, 6) is -3.33. The Kier molecular flexibility index (Phi) is 5.60. The summed E-state index contributed by atoms with van der Waals surface area (Å²) in [5, 5.41) is 4.21. The van der Waals surface area contributed by atoms with Crippen LogP contribution < -0.4 is 10.6 Å². The molecular weight excluding hydrogens is 377 g/mol. The number of urea groups is 1. The van der Waals surface area contributed by atoms with Crippen LogP contribution in [0.15, 0.2) is 12.1 Å². The Morgan fingerprint density at radius 1 is 1.08 bits per heavy atom. The summed E-state index contributed by atoms with van der Waals surface area (Å²) >= 11 is 11.6. The number of benzene rings is 1. The van der Waals surface area contributed by atoms with Gasteiger partial charge in [0.1, 0.15) is 6.54 Å². The molecule has 0 radical (unpaired) electrons. The van der Waals surface area contributed by atoms with Crippen LogP contribution in [0.1, 0.15) is 20.7 Å². The van der Waals surface area contributed by atoms with E-state index in [0.29, 0.717) is 4.90 Å². The minimum absolute atomic E-state index is 0.0181. The first-order chi connectivity index (χ1) is 11.7. The SMILES string of the molecule is CNC(=O)NC(=O)COC(=O)CN1C(=O)c2cc(Cl)c(Cl)cc2C1=O. The van der Waals surface area contributed by atoms with E-state index in [1.54, 1.807) is 0 Å². The van der Waals surface area contributed by atoms with Gasteiger partial charge in [-0.05, 0) is 12.1 Å². The van der Waals surface area contributed by atoms with E-state index < -0.39 is 42.9 Å². The van der Waals surface area contributed by atoms with Gasteiger partial charge in [0.25, 0.3) is 17.7 Å². The number of amides is 5. The topological polar surface area (TPSA) is 122 Å². The zero-order valence-electron chi connectivity index (χ0n) is 12.7. The molecule has 5 amide bonds. The average molecular weight is 388 g/mol. The average Bonchev–Trinajstić information content (AvgIpc) is 2.78. The third kappa shape index (κ3) is 4.06. The van der Waals surface area contributed by atoms with E-state index in [4.69, 9.17) is 23.2 Å².